The number of esters is 2. The number of nitrogens with zero attached hydrogens (tertiary/aromatic N) is 1. The standard InChI is InChI=1S/C29H43N2O9P/c1-6-38-24(32)18-31-22-13-9-8-12-20(22)14-15-21(25(31)33)30-26(34)29(16-10-11-17-29)23(41(36,37)40-7-2)19-39-27(35)28(3,4)5/h8-9,12-13,21,23H,6-7,10-11,14-19H2,1-5H3,(H,30,34)(H,36,37)/t21-,23?/m0/s1. The molecule has 1 aliphatic heterocycles. The van der Waals surface area contributed by atoms with Crippen LogP contribution in [0.5, 0.6) is 0 Å². The van der Waals surface area contributed by atoms with Crippen LogP contribution in [-0.2, 0) is 44.2 Å². The number of nitrogens with one attached hydrogen (secondary N) is 1. The highest BCUT2D eigenvalue weighted by Gasteiger charge is 2.56. The van der Waals surface area contributed by atoms with Crippen LogP contribution in [0.15, 0.2) is 24.3 Å². The van der Waals surface area contributed by atoms with Crippen molar-refractivity contribution >= 4 is 37.0 Å². The van der Waals surface area contributed by atoms with E-state index in [0.717, 1.165) is 5.56 Å². The number of rotatable bonds is 11. The van der Waals surface area contributed by atoms with Crippen molar-refractivity contribution < 1.29 is 42.6 Å². The normalized spacial score (nSPS) is 20.8. The number of benzene rings is 1. The van der Waals surface area contributed by atoms with Gasteiger partial charge in [0.1, 0.15) is 24.9 Å². The van der Waals surface area contributed by atoms with Crippen LogP contribution in [0.1, 0.15) is 72.3 Å². The van der Waals surface area contributed by atoms with E-state index in [0.29, 0.717) is 24.9 Å². The molecule has 1 aromatic rings. The molecule has 2 aliphatic rings. The second kappa shape index (κ2) is 13.5. The van der Waals surface area contributed by atoms with Gasteiger partial charge in [-0.3, -0.25) is 28.6 Å². The molecule has 1 fully saturated rings. The van der Waals surface area contributed by atoms with E-state index in [1.54, 1.807) is 46.8 Å². The predicted octanol–water partition coefficient (Wildman–Crippen LogP) is 3.75. The average molecular weight is 595 g/mol. The number of anilines is 1. The molecule has 1 aromatic carbocycles. The van der Waals surface area contributed by atoms with Gasteiger partial charge in [0, 0.05) is 5.69 Å². The average Bonchev–Trinajstić information content (AvgIpc) is 3.35. The third-order valence-electron chi connectivity index (χ3n) is 7.73. The molecule has 0 radical (unpaired) electrons. The lowest BCUT2D eigenvalue weighted by Gasteiger charge is -2.38. The summed E-state index contributed by atoms with van der Waals surface area (Å²) in [6, 6.07) is 6.23. The van der Waals surface area contributed by atoms with E-state index >= 15 is 0 Å². The molecule has 2 N–H and O–H groups in total. The first-order chi connectivity index (χ1) is 19.3. The summed E-state index contributed by atoms with van der Waals surface area (Å²) in [5.74, 6) is -2.19. The van der Waals surface area contributed by atoms with Crippen molar-refractivity contribution in [2.24, 2.45) is 10.8 Å². The molecule has 1 heterocycles. The Bertz CT molecular complexity index is 1170. The Morgan fingerprint density at radius 1 is 1.12 bits per heavy atom. The number of fused-ring (bicyclic) bond motifs is 1. The van der Waals surface area contributed by atoms with Gasteiger partial charge in [-0.25, -0.2) is 0 Å². The lowest BCUT2D eigenvalue weighted by atomic mass is 9.81. The number of hydrogen-bond donors (Lipinski definition) is 2. The monoisotopic (exact) mass is 594 g/mol. The van der Waals surface area contributed by atoms with Crippen LogP contribution in [0, 0.1) is 10.8 Å². The van der Waals surface area contributed by atoms with E-state index in [1.807, 2.05) is 12.1 Å². The van der Waals surface area contributed by atoms with E-state index < -0.39 is 60.5 Å². The minimum Gasteiger partial charge on any atom is -0.465 e. The van der Waals surface area contributed by atoms with Gasteiger partial charge >= 0.3 is 19.5 Å². The van der Waals surface area contributed by atoms with Crippen LogP contribution in [-0.4, -0.2) is 66.7 Å². The smallest absolute Gasteiger partial charge is 0.335 e. The summed E-state index contributed by atoms with van der Waals surface area (Å²) < 4.78 is 29.3. The van der Waals surface area contributed by atoms with Crippen LogP contribution in [0.25, 0.3) is 0 Å². The number of aryl methyl sites for hydroxylation is 1. The molecule has 0 saturated heterocycles. The SMILES string of the molecule is CCOC(=O)CN1C(=O)[C@@H](NC(=O)C2(C(COC(=O)C(C)(C)C)P(=O)(O)OCC)CCCC2)CCc2ccccc21. The van der Waals surface area contributed by atoms with Gasteiger partial charge in [0.25, 0.3) is 0 Å². The molecule has 1 aliphatic carbocycles. The lowest BCUT2D eigenvalue weighted by molar-refractivity contribution is -0.154. The van der Waals surface area contributed by atoms with E-state index in [4.69, 9.17) is 14.0 Å². The Kier molecular flexibility index (Phi) is 10.8. The molecule has 11 nitrogen and oxygen atoms in total. The largest absolute Gasteiger partial charge is 0.465 e. The third-order valence-corrected chi connectivity index (χ3v) is 9.78. The van der Waals surface area contributed by atoms with E-state index in [9.17, 15) is 28.6 Å². The van der Waals surface area contributed by atoms with Crippen molar-refractivity contribution in [1.29, 1.82) is 0 Å². The zero-order valence-electron chi connectivity index (χ0n) is 24.6. The number of carbonyl (C=O) groups is 4. The van der Waals surface area contributed by atoms with Crippen molar-refractivity contribution in [3.63, 3.8) is 0 Å². The molecule has 228 valence electrons. The quantitative estimate of drug-likeness (QED) is 0.289. The number of hydrogen-bond acceptors (Lipinski definition) is 8. The van der Waals surface area contributed by atoms with Gasteiger partial charge in [-0.2, -0.15) is 0 Å². The second-order valence-electron chi connectivity index (χ2n) is 11.6. The highest BCUT2D eigenvalue weighted by Crippen LogP contribution is 2.59. The summed E-state index contributed by atoms with van der Waals surface area (Å²) in [6.07, 6.45) is 2.49. The molecule has 12 heteroatoms. The molecule has 2 amide bonds. The summed E-state index contributed by atoms with van der Waals surface area (Å²) in [4.78, 5) is 65.3. The first-order valence-electron chi connectivity index (χ1n) is 14.3. The molecular weight excluding hydrogens is 551 g/mol. The van der Waals surface area contributed by atoms with Crippen molar-refractivity contribution in [1.82, 2.24) is 5.32 Å². The fourth-order valence-corrected chi connectivity index (χ4v) is 7.39. The van der Waals surface area contributed by atoms with Crippen molar-refractivity contribution in [2.75, 3.05) is 31.3 Å². The Hall–Kier alpha value is -2.75. The molecule has 1 saturated carbocycles. The number of ether oxygens (including phenoxy) is 2. The summed E-state index contributed by atoms with van der Waals surface area (Å²) in [7, 11) is -4.44. The second-order valence-corrected chi connectivity index (χ2v) is 13.6. The highest BCUT2D eigenvalue weighted by atomic mass is 31.2. The van der Waals surface area contributed by atoms with E-state index in [2.05, 4.69) is 5.32 Å². The Labute approximate surface area is 241 Å². The van der Waals surface area contributed by atoms with Crippen molar-refractivity contribution in [3.8, 4) is 0 Å². The van der Waals surface area contributed by atoms with Crippen LogP contribution in [0.2, 0.25) is 0 Å². The minimum absolute atomic E-state index is 0.0720. The van der Waals surface area contributed by atoms with Gasteiger partial charge in [-0.15, -0.1) is 0 Å². The number of para-hydroxylation sites is 1. The molecule has 3 atom stereocenters. The fourth-order valence-electron chi connectivity index (χ4n) is 5.58. The van der Waals surface area contributed by atoms with Gasteiger partial charge in [0.15, 0.2) is 0 Å². The Morgan fingerprint density at radius 2 is 1.78 bits per heavy atom. The van der Waals surface area contributed by atoms with E-state index in [-0.39, 0.29) is 39.0 Å². The van der Waals surface area contributed by atoms with Gasteiger partial charge in [-0.1, -0.05) is 31.0 Å². The number of carbonyl (C=O) groups excluding carboxylic acids is 4. The molecule has 3 rings (SSSR count). The topological polar surface area (TPSA) is 149 Å². The van der Waals surface area contributed by atoms with Crippen LogP contribution < -0.4 is 10.2 Å². The van der Waals surface area contributed by atoms with Gasteiger partial charge < -0.3 is 24.2 Å². The van der Waals surface area contributed by atoms with Crippen molar-refractivity contribution in [3.05, 3.63) is 29.8 Å². The predicted molar refractivity (Wildman–Crippen MR) is 152 cm³/mol. The zero-order valence-corrected chi connectivity index (χ0v) is 25.5. The molecule has 0 bridgehead atoms. The van der Waals surface area contributed by atoms with Crippen LogP contribution in [0.4, 0.5) is 5.69 Å². The third kappa shape index (κ3) is 7.56. The summed E-state index contributed by atoms with van der Waals surface area (Å²) >= 11 is 0. The van der Waals surface area contributed by atoms with Crippen LogP contribution >= 0.6 is 7.60 Å². The van der Waals surface area contributed by atoms with Gasteiger partial charge in [0.2, 0.25) is 11.8 Å². The maximum absolute atomic E-state index is 14.1. The molecule has 2 unspecified atom stereocenters. The summed E-state index contributed by atoms with van der Waals surface area (Å²) in [6.45, 7) is 7.55. The number of amides is 2. The van der Waals surface area contributed by atoms with E-state index in [1.165, 1.54) is 4.90 Å². The molecule has 0 spiro atoms. The van der Waals surface area contributed by atoms with Gasteiger partial charge in [0.05, 0.1) is 24.0 Å². The van der Waals surface area contributed by atoms with Crippen LogP contribution in [0.3, 0.4) is 0 Å². The Balaban J connectivity index is 1.94. The first-order valence-corrected chi connectivity index (χ1v) is 15.9. The zero-order chi connectivity index (χ0) is 30.4. The molecule has 41 heavy (non-hydrogen) atoms. The van der Waals surface area contributed by atoms with Crippen molar-refractivity contribution in [2.45, 2.75) is 84.8 Å². The highest BCUT2D eigenvalue weighted by molar-refractivity contribution is 7.53. The molecule has 0 aromatic heterocycles. The lowest BCUT2D eigenvalue weighted by Crippen LogP contribution is -2.56. The maximum Gasteiger partial charge on any atom is 0.335 e. The Morgan fingerprint density at radius 3 is 2.39 bits per heavy atom. The minimum atomic E-state index is -4.44. The maximum atomic E-state index is 14.1. The fraction of sp³-hybridized carbons (Fsp3) is 0.655. The first kappa shape index (κ1) is 32.8. The molecular formula is C29H43N2O9P. The summed E-state index contributed by atoms with van der Waals surface area (Å²) in [5.41, 5.74) is -2.16. The summed E-state index contributed by atoms with van der Waals surface area (Å²) in [5, 5.41) is 2.86. The van der Waals surface area contributed by atoms with Gasteiger partial charge in [-0.05, 0) is 71.9 Å².